The Balaban J connectivity index is 1.66. The van der Waals surface area contributed by atoms with Gasteiger partial charge in [-0.1, -0.05) is 36.4 Å². The van der Waals surface area contributed by atoms with Gasteiger partial charge in [0.1, 0.15) is 6.10 Å². The van der Waals surface area contributed by atoms with Gasteiger partial charge in [-0.3, -0.25) is 0 Å². The highest BCUT2D eigenvalue weighted by molar-refractivity contribution is 5.13. The summed E-state index contributed by atoms with van der Waals surface area (Å²) in [7, 11) is 0. The van der Waals surface area contributed by atoms with E-state index in [0.29, 0.717) is 13.2 Å². The highest BCUT2D eigenvalue weighted by atomic mass is 16.8. The van der Waals surface area contributed by atoms with E-state index < -0.39 is 12.1 Å². The van der Waals surface area contributed by atoms with E-state index in [1.807, 2.05) is 50.3 Å². The zero-order valence-corrected chi connectivity index (χ0v) is 13.2. The molecule has 0 amide bonds. The highest BCUT2D eigenvalue weighted by Crippen LogP contribution is 2.39. The summed E-state index contributed by atoms with van der Waals surface area (Å²) in [4.78, 5) is 0. The fourth-order valence-electron chi connectivity index (χ4n) is 3.11. The van der Waals surface area contributed by atoms with E-state index >= 15 is 0 Å². The van der Waals surface area contributed by atoms with Crippen molar-refractivity contribution in [2.45, 2.75) is 51.2 Å². The lowest BCUT2D eigenvalue weighted by Crippen LogP contribution is -2.49. The van der Waals surface area contributed by atoms with Crippen LogP contribution < -0.4 is 0 Å². The average molecular weight is 304 g/mol. The number of fused-ring (bicyclic) bond motifs is 1. The van der Waals surface area contributed by atoms with Gasteiger partial charge in [0, 0.05) is 5.92 Å². The minimum absolute atomic E-state index is 0.0116. The Morgan fingerprint density at radius 2 is 1.95 bits per heavy atom. The summed E-state index contributed by atoms with van der Waals surface area (Å²) in [6.07, 6.45) is 2.16. The van der Waals surface area contributed by atoms with E-state index in [4.69, 9.17) is 18.9 Å². The maximum Gasteiger partial charge on any atom is 0.186 e. The molecule has 2 fully saturated rings. The smallest absolute Gasteiger partial charge is 0.186 e. The van der Waals surface area contributed by atoms with Gasteiger partial charge < -0.3 is 18.9 Å². The predicted molar refractivity (Wildman–Crippen MR) is 83.1 cm³/mol. The molecule has 2 heterocycles. The number of benzene rings is 1. The summed E-state index contributed by atoms with van der Waals surface area (Å²) in [5.41, 5.74) is 1.12. The van der Waals surface area contributed by atoms with Crippen molar-refractivity contribution in [1.82, 2.24) is 0 Å². The third-order valence-electron chi connectivity index (χ3n) is 4.10. The lowest BCUT2D eigenvalue weighted by Gasteiger charge is -2.36. The second-order valence-electron chi connectivity index (χ2n) is 6.35. The maximum atomic E-state index is 6.07. The van der Waals surface area contributed by atoms with Crippen LogP contribution in [0.3, 0.4) is 0 Å². The Morgan fingerprint density at radius 3 is 2.68 bits per heavy atom. The molecule has 4 nitrogen and oxygen atoms in total. The van der Waals surface area contributed by atoms with Crippen LogP contribution in [0.15, 0.2) is 43.0 Å². The van der Waals surface area contributed by atoms with Crippen LogP contribution in [0.1, 0.15) is 25.8 Å². The van der Waals surface area contributed by atoms with Crippen LogP contribution >= 0.6 is 0 Å². The number of allylic oxidation sites excluding steroid dienone is 1. The molecular formula is C18H24O4. The molecule has 0 unspecified atom stereocenters. The number of hydrogen-bond acceptors (Lipinski definition) is 4. The minimum atomic E-state index is -0.600. The molecule has 2 aliphatic heterocycles. The van der Waals surface area contributed by atoms with Crippen molar-refractivity contribution in [2.75, 3.05) is 6.61 Å². The maximum absolute atomic E-state index is 6.07. The third-order valence-corrected chi connectivity index (χ3v) is 4.10. The highest BCUT2D eigenvalue weighted by Gasteiger charge is 2.51. The molecule has 1 aromatic carbocycles. The van der Waals surface area contributed by atoms with Gasteiger partial charge in [-0.15, -0.1) is 6.58 Å². The van der Waals surface area contributed by atoms with Crippen molar-refractivity contribution >= 4 is 0 Å². The van der Waals surface area contributed by atoms with Gasteiger partial charge in [-0.25, -0.2) is 0 Å². The first kappa shape index (κ1) is 15.7. The van der Waals surface area contributed by atoms with Gasteiger partial charge in [0.15, 0.2) is 12.1 Å². The molecule has 0 bridgehead atoms. The lowest BCUT2D eigenvalue weighted by molar-refractivity contribution is -0.243. The van der Waals surface area contributed by atoms with Gasteiger partial charge in [0.2, 0.25) is 0 Å². The predicted octanol–water partition coefficient (Wildman–Crippen LogP) is 3.27. The Kier molecular flexibility index (Phi) is 4.64. The van der Waals surface area contributed by atoms with E-state index in [1.165, 1.54) is 0 Å². The molecule has 0 radical (unpaired) electrons. The van der Waals surface area contributed by atoms with Gasteiger partial charge in [0.05, 0.1) is 19.3 Å². The van der Waals surface area contributed by atoms with Gasteiger partial charge >= 0.3 is 0 Å². The Labute approximate surface area is 132 Å². The van der Waals surface area contributed by atoms with Crippen molar-refractivity contribution < 1.29 is 18.9 Å². The second kappa shape index (κ2) is 6.50. The number of ether oxygens (including phenoxy) is 4. The Morgan fingerprint density at radius 1 is 1.23 bits per heavy atom. The molecule has 2 saturated heterocycles. The van der Waals surface area contributed by atoms with E-state index in [1.54, 1.807) is 0 Å². The summed E-state index contributed by atoms with van der Waals surface area (Å²) in [5.74, 6) is -0.336. The normalized spacial score (nSPS) is 33.4. The van der Waals surface area contributed by atoms with Gasteiger partial charge in [-0.05, 0) is 25.8 Å². The molecule has 3 rings (SSSR count). The molecule has 1 aromatic rings. The fourth-order valence-corrected chi connectivity index (χ4v) is 3.11. The monoisotopic (exact) mass is 304 g/mol. The molecular weight excluding hydrogens is 280 g/mol. The SMILES string of the molecule is C=CC[C@@H]1CO[C@H](OCc2ccccc2)[C@H]2OC(C)(C)O[C@@H]12. The lowest BCUT2D eigenvalue weighted by atomic mass is 9.92. The Hall–Kier alpha value is -1.20. The van der Waals surface area contributed by atoms with Crippen molar-refractivity contribution in [2.24, 2.45) is 5.92 Å². The van der Waals surface area contributed by atoms with E-state index in [-0.39, 0.29) is 18.1 Å². The van der Waals surface area contributed by atoms with Crippen LogP contribution in [0.4, 0.5) is 0 Å². The van der Waals surface area contributed by atoms with Crippen LogP contribution in [-0.4, -0.2) is 30.9 Å². The summed E-state index contributed by atoms with van der Waals surface area (Å²) in [5, 5.41) is 0. The first-order valence-corrected chi connectivity index (χ1v) is 7.83. The van der Waals surface area contributed by atoms with Crippen molar-refractivity contribution in [3.63, 3.8) is 0 Å². The molecule has 0 aliphatic carbocycles. The fraction of sp³-hybridized carbons (Fsp3) is 0.556. The minimum Gasteiger partial charge on any atom is -0.349 e. The van der Waals surface area contributed by atoms with Gasteiger partial charge in [0.25, 0.3) is 0 Å². The number of hydrogen-bond donors (Lipinski definition) is 0. The van der Waals surface area contributed by atoms with Gasteiger partial charge in [-0.2, -0.15) is 0 Å². The number of rotatable bonds is 5. The zero-order valence-electron chi connectivity index (χ0n) is 13.2. The molecule has 120 valence electrons. The van der Waals surface area contributed by atoms with E-state index in [9.17, 15) is 0 Å². The molecule has 4 heteroatoms. The summed E-state index contributed by atoms with van der Waals surface area (Å²) in [6, 6.07) is 10.1. The molecule has 2 aliphatic rings. The molecule has 0 saturated carbocycles. The van der Waals surface area contributed by atoms with E-state index in [0.717, 1.165) is 12.0 Å². The summed E-state index contributed by atoms with van der Waals surface area (Å²) < 4.78 is 23.9. The molecule has 4 atom stereocenters. The third kappa shape index (κ3) is 3.41. The molecule has 22 heavy (non-hydrogen) atoms. The first-order chi connectivity index (χ1) is 10.6. The Bertz CT molecular complexity index is 499. The van der Waals surface area contributed by atoms with Crippen molar-refractivity contribution in [1.29, 1.82) is 0 Å². The molecule has 0 aromatic heterocycles. The molecule has 0 N–H and O–H groups in total. The van der Waals surface area contributed by atoms with Crippen LogP contribution in [0.5, 0.6) is 0 Å². The zero-order chi connectivity index (χ0) is 15.6. The quantitative estimate of drug-likeness (QED) is 0.782. The van der Waals surface area contributed by atoms with E-state index in [2.05, 4.69) is 6.58 Å². The van der Waals surface area contributed by atoms with Crippen LogP contribution in [0.25, 0.3) is 0 Å². The second-order valence-corrected chi connectivity index (χ2v) is 6.35. The van der Waals surface area contributed by atoms with Crippen LogP contribution in [0, 0.1) is 5.92 Å². The standard InChI is InChI=1S/C18H24O4/c1-4-8-14-12-20-17(16-15(14)21-18(2,3)22-16)19-11-13-9-6-5-7-10-13/h4-7,9-10,14-17H,1,8,11-12H2,2-3H3/t14-,15+,16+,17+/m1/s1. The largest absolute Gasteiger partial charge is 0.349 e. The van der Waals surface area contributed by atoms with Crippen molar-refractivity contribution in [3.8, 4) is 0 Å². The first-order valence-electron chi connectivity index (χ1n) is 7.83. The average Bonchev–Trinajstić information content (AvgIpc) is 2.83. The topological polar surface area (TPSA) is 36.9 Å². The molecule has 0 spiro atoms. The summed E-state index contributed by atoms with van der Waals surface area (Å²) in [6.45, 7) is 8.80. The van der Waals surface area contributed by atoms with Crippen LogP contribution in [0.2, 0.25) is 0 Å². The van der Waals surface area contributed by atoms with Crippen molar-refractivity contribution in [3.05, 3.63) is 48.6 Å². The van der Waals surface area contributed by atoms with Crippen LogP contribution in [-0.2, 0) is 25.6 Å². The summed E-state index contributed by atoms with van der Waals surface area (Å²) >= 11 is 0.